The van der Waals surface area contributed by atoms with Gasteiger partial charge in [0.15, 0.2) is 0 Å². The summed E-state index contributed by atoms with van der Waals surface area (Å²) in [6, 6.07) is 0. The summed E-state index contributed by atoms with van der Waals surface area (Å²) in [5, 5.41) is 29.8. The predicted octanol–water partition coefficient (Wildman–Crippen LogP) is 3.69. The molecule has 5 nitrogen and oxygen atoms in total. The van der Waals surface area contributed by atoms with Crippen molar-refractivity contribution in [1.29, 1.82) is 0 Å². The van der Waals surface area contributed by atoms with Gasteiger partial charge in [-0.1, -0.05) is 66.8 Å². The molecule has 4 unspecified atom stereocenters. The zero-order chi connectivity index (χ0) is 21.3. The van der Waals surface area contributed by atoms with E-state index in [9.17, 15) is 20.1 Å². The topological polar surface area (TPSA) is 87.0 Å². The van der Waals surface area contributed by atoms with Gasteiger partial charge in [0.2, 0.25) is 0 Å². The number of aliphatic hydroxyl groups is 3. The molecule has 29 heavy (non-hydrogen) atoms. The first-order valence-electron chi connectivity index (χ1n) is 10.2. The normalized spacial score (nSPS) is 35.4. The Kier molecular flexibility index (Phi) is 13.4. The zero-order valence-corrected chi connectivity index (χ0v) is 17.1. The lowest BCUT2D eigenvalue weighted by Gasteiger charge is -2.10. The number of aliphatic hydroxyl groups excluding tert-OH is 3. The summed E-state index contributed by atoms with van der Waals surface area (Å²) in [7, 11) is 0. The van der Waals surface area contributed by atoms with Gasteiger partial charge in [-0.3, -0.25) is 0 Å². The lowest BCUT2D eigenvalue weighted by molar-refractivity contribution is -0.142. The maximum absolute atomic E-state index is 11.7. The van der Waals surface area contributed by atoms with Crippen molar-refractivity contribution in [2.24, 2.45) is 0 Å². The molecule has 0 aromatic rings. The van der Waals surface area contributed by atoms with Crippen LogP contribution in [0, 0.1) is 0 Å². The van der Waals surface area contributed by atoms with Gasteiger partial charge in [0.05, 0.1) is 24.4 Å². The van der Waals surface area contributed by atoms with Crippen LogP contribution in [0.2, 0.25) is 0 Å². The summed E-state index contributed by atoms with van der Waals surface area (Å²) in [5.74, 6) is -0.378. The van der Waals surface area contributed by atoms with E-state index in [1.54, 1.807) is 54.7 Å². The second-order valence-corrected chi connectivity index (χ2v) is 7.09. The van der Waals surface area contributed by atoms with Crippen molar-refractivity contribution in [3.63, 3.8) is 0 Å². The molecule has 1 aliphatic heterocycles. The van der Waals surface area contributed by atoms with Crippen LogP contribution in [0.1, 0.15) is 45.4 Å². The highest BCUT2D eigenvalue weighted by Gasteiger charge is 2.07. The summed E-state index contributed by atoms with van der Waals surface area (Å²) >= 11 is 0. The molecule has 0 saturated heterocycles. The van der Waals surface area contributed by atoms with Crippen molar-refractivity contribution < 1.29 is 24.9 Å². The van der Waals surface area contributed by atoms with Crippen molar-refractivity contribution in [2.75, 3.05) is 0 Å². The highest BCUT2D eigenvalue weighted by molar-refractivity contribution is 5.82. The highest BCUT2D eigenvalue weighted by atomic mass is 16.5. The smallest absolute Gasteiger partial charge is 0.331 e. The summed E-state index contributed by atoms with van der Waals surface area (Å²) in [6.45, 7) is 1.87. The molecular formula is C24H34O5. The van der Waals surface area contributed by atoms with E-state index in [2.05, 4.69) is 0 Å². The van der Waals surface area contributed by atoms with Crippen molar-refractivity contribution in [3.8, 4) is 0 Å². The van der Waals surface area contributed by atoms with Gasteiger partial charge in [-0.25, -0.2) is 4.79 Å². The molecule has 0 bridgehead atoms. The Morgan fingerprint density at radius 2 is 1.52 bits per heavy atom. The molecule has 0 amide bonds. The Labute approximate surface area is 174 Å². The molecular weight excluding hydrogens is 368 g/mol. The number of cyclic esters (lactones) is 1. The van der Waals surface area contributed by atoms with Crippen LogP contribution in [0.4, 0.5) is 0 Å². The molecule has 0 fully saturated rings. The zero-order valence-electron chi connectivity index (χ0n) is 17.1. The molecule has 0 spiro atoms. The Hall–Kier alpha value is -2.21. The van der Waals surface area contributed by atoms with E-state index in [0.717, 1.165) is 19.3 Å². The average Bonchev–Trinajstić information content (AvgIpc) is 2.65. The van der Waals surface area contributed by atoms with Crippen LogP contribution in [-0.4, -0.2) is 45.7 Å². The van der Waals surface area contributed by atoms with E-state index in [-0.39, 0.29) is 18.5 Å². The average molecular weight is 403 g/mol. The van der Waals surface area contributed by atoms with Crippen LogP contribution in [0.15, 0.2) is 72.9 Å². The number of esters is 1. The van der Waals surface area contributed by atoms with Gasteiger partial charge in [-0.15, -0.1) is 0 Å². The minimum Gasteiger partial charge on any atom is -0.460 e. The second-order valence-electron chi connectivity index (χ2n) is 7.09. The van der Waals surface area contributed by atoms with E-state index in [1.165, 1.54) is 6.08 Å². The molecule has 1 rings (SSSR count). The van der Waals surface area contributed by atoms with Crippen molar-refractivity contribution in [3.05, 3.63) is 72.9 Å². The molecule has 4 atom stereocenters. The Morgan fingerprint density at radius 1 is 0.862 bits per heavy atom. The molecule has 5 heteroatoms. The first kappa shape index (κ1) is 24.8. The molecule has 1 heterocycles. The van der Waals surface area contributed by atoms with Crippen molar-refractivity contribution in [2.45, 2.75) is 69.9 Å². The summed E-state index contributed by atoms with van der Waals surface area (Å²) in [4.78, 5) is 11.7. The van der Waals surface area contributed by atoms with Gasteiger partial charge in [-0.2, -0.15) is 0 Å². The summed E-state index contributed by atoms with van der Waals surface area (Å²) < 4.78 is 5.31. The quantitative estimate of drug-likeness (QED) is 0.538. The van der Waals surface area contributed by atoms with Crippen LogP contribution in [0.3, 0.4) is 0 Å². The maximum atomic E-state index is 11.7. The largest absolute Gasteiger partial charge is 0.460 e. The number of ether oxygens (including phenoxy) is 1. The SMILES string of the molecule is CC1CCC/C=C/C=C/C(O)CC(O)C/C=C/C=C/C(O)C/C=C/C=C\C(=O)O1. The van der Waals surface area contributed by atoms with Gasteiger partial charge < -0.3 is 20.1 Å². The van der Waals surface area contributed by atoms with Crippen LogP contribution in [0.5, 0.6) is 0 Å². The van der Waals surface area contributed by atoms with Crippen LogP contribution in [-0.2, 0) is 9.53 Å². The second kappa shape index (κ2) is 15.7. The van der Waals surface area contributed by atoms with Crippen LogP contribution < -0.4 is 0 Å². The standard InChI is InChI=1S/C24H34O5/c1-20-13-7-3-2-4-8-16-22(26)19-23(27)17-11-5-9-14-21(25)15-10-6-12-18-24(28)29-20/h2,4-6,8-12,14,16,18,20-23,25-27H,3,7,13,15,17,19H2,1H3/b4-2+,10-6+,11-5+,14-9+,16-8+,18-12-. The Bertz CT molecular complexity index is 627. The fourth-order valence-corrected chi connectivity index (χ4v) is 2.66. The van der Waals surface area contributed by atoms with Gasteiger partial charge in [0, 0.05) is 12.5 Å². The van der Waals surface area contributed by atoms with E-state index < -0.39 is 18.3 Å². The van der Waals surface area contributed by atoms with Crippen molar-refractivity contribution >= 4 is 5.97 Å². The molecule has 0 aromatic heterocycles. The highest BCUT2D eigenvalue weighted by Crippen LogP contribution is 2.08. The molecule has 0 saturated carbocycles. The Morgan fingerprint density at radius 3 is 2.31 bits per heavy atom. The van der Waals surface area contributed by atoms with Gasteiger partial charge in [0.1, 0.15) is 0 Å². The monoisotopic (exact) mass is 402 g/mol. The van der Waals surface area contributed by atoms with E-state index >= 15 is 0 Å². The molecule has 1 aliphatic rings. The van der Waals surface area contributed by atoms with E-state index in [1.807, 2.05) is 19.1 Å². The third kappa shape index (κ3) is 14.4. The number of rotatable bonds is 0. The number of hydrogen-bond acceptors (Lipinski definition) is 5. The third-order valence-corrected chi connectivity index (χ3v) is 4.24. The molecule has 3 N–H and O–H groups in total. The van der Waals surface area contributed by atoms with Gasteiger partial charge in [0.25, 0.3) is 0 Å². The molecule has 0 radical (unpaired) electrons. The molecule has 0 aromatic carbocycles. The van der Waals surface area contributed by atoms with Gasteiger partial charge in [-0.05, 0) is 39.0 Å². The summed E-state index contributed by atoms with van der Waals surface area (Å²) in [6.07, 6.45) is 22.2. The number of carbonyl (C=O) groups excluding carboxylic acids is 1. The third-order valence-electron chi connectivity index (χ3n) is 4.24. The molecule has 0 aliphatic carbocycles. The number of hydrogen-bond donors (Lipinski definition) is 3. The molecule has 160 valence electrons. The first-order valence-corrected chi connectivity index (χ1v) is 10.2. The van der Waals surface area contributed by atoms with Crippen LogP contribution in [0.25, 0.3) is 0 Å². The lowest BCUT2D eigenvalue weighted by Crippen LogP contribution is -2.14. The lowest BCUT2D eigenvalue weighted by atomic mass is 10.1. The predicted molar refractivity (Wildman–Crippen MR) is 116 cm³/mol. The number of allylic oxidation sites excluding steroid dienone is 7. The van der Waals surface area contributed by atoms with Crippen LogP contribution >= 0.6 is 0 Å². The van der Waals surface area contributed by atoms with Crippen molar-refractivity contribution in [1.82, 2.24) is 0 Å². The first-order chi connectivity index (χ1) is 14.0. The summed E-state index contributed by atoms with van der Waals surface area (Å²) in [5.41, 5.74) is 0. The number of carbonyl (C=O) groups is 1. The Balaban J connectivity index is 2.66. The fraction of sp³-hybridized carbons (Fsp3) is 0.458. The van der Waals surface area contributed by atoms with E-state index in [0.29, 0.717) is 12.8 Å². The minimum atomic E-state index is -0.703. The van der Waals surface area contributed by atoms with Gasteiger partial charge >= 0.3 is 5.97 Å². The maximum Gasteiger partial charge on any atom is 0.331 e. The fourth-order valence-electron chi connectivity index (χ4n) is 2.66. The van der Waals surface area contributed by atoms with E-state index in [4.69, 9.17) is 4.74 Å². The minimum absolute atomic E-state index is 0.158.